The van der Waals surface area contributed by atoms with Gasteiger partial charge in [0.05, 0.1) is 12.2 Å². The largest absolute Gasteiger partial charge is 0.481 e. The van der Waals surface area contributed by atoms with E-state index in [9.17, 15) is 19.8 Å². The summed E-state index contributed by atoms with van der Waals surface area (Å²) >= 11 is 0. The van der Waals surface area contributed by atoms with Crippen molar-refractivity contribution in [3.63, 3.8) is 0 Å². The Kier molecular flexibility index (Phi) is 12.0. The molecule has 6 heteroatoms. The maximum Gasteiger partial charge on any atom is 0.303 e. The number of ether oxygens (including phenoxy) is 1. The second-order valence-corrected chi connectivity index (χ2v) is 7.76. The van der Waals surface area contributed by atoms with Gasteiger partial charge in [-0.1, -0.05) is 37.6 Å². The molecule has 0 aromatic carbocycles. The van der Waals surface area contributed by atoms with Gasteiger partial charge in [0.15, 0.2) is 0 Å². The number of aliphatic carboxylic acids is 1. The number of carboxylic acids is 1. The predicted molar refractivity (Wildman–Crippen MR) is 108 cm³/mol. The van der Waals surface area contributed by atoms with E-state index in [2.05, 4.69) is 0 Å². The van der Waals surface area contributed by atoms with Crippen LogP contribution in [0.3, 0.4) is 0 Å². The van der Waals surface area contributed by atoms with E-state index in [4.69, 9.17) is 9.84 Å². The number of carboxylic acid groups (broad SMARTS) is 1. The van der Waals surface area contributed by atoms with E-state index in [1.54, 1.807) is 19.3 Å². The Morgan fingerprint density at radius 1 is 1.29 bits per heavy atom. The third-order valence-corrected chi connectivity index (χ3v) is 5.42. The van der Waals surface area contributed by atoms with Crippen LogP contribution in [0.15, 0.2) is 24.3 Å². The van der Waals surface area contributed by atoms with Crippen molar-refractivity contribution in [2.24, 2.45) is 17.8 Å². The number of carbonyl (C=O) groups excluding carboxylic acids is 1. The molecule has 0 radical (unpaired) electrons. The van der Waals surface area contributed by atoms with Crippen molar-refractivity contribution in [3.8, 4) is 0 Å². The molecule has 0 aromatic heterocycles. The molecule has 160 valence electrons. The molecular formula is C22H36O6. The second kappa shape index (κ2) is 13.6. The Balaban J connectivity index is 2.50. The fourth-order valence-corrected chi connectivity index (χ4v) is 3.57. The molecule has 0 unspecified atom stereocenters. The molecule has 0 bridgehead atoms. The van der Waals surface area contributed by atoms with E-state index in [-0.39, 0.29) is 36.4 Å². The maximum atomic E-state index is 12.2. The molecule has 1 fully saturated rings. The Hall–Kier alpha value is -1.50. The first kappa shape index (κ1) is 24.5. The summed E-state index contributed by atoms with van der Waals surface area (Å²) in [6.07, 6.45) is 10.9. The Morgan fingerprint density at radius 3 is 2.71 bits per heavy atom. The lowest BCUT2D eigenvalue weighted by Gasteiger charge is -2.19. The number of allylic oxidation sites excluding steroid dienone is 2. The highest BCUT2D eigenvalue weighted by Crippen LogP contribution is 2.33. The highest BCUT2D eigenvalue weighted by atomic mass is 16.5. The summed E-state index contributed by atoms with van der Waals surface area (Å²) in [7, 11) is 1.68. The Labute approximate surface area is 168 Å². The number of carbonyl (C=O) groups is 2. The van der Waals surface area contributed by atoms with E-state index >= 15 is 0 Å². The first-order chi connectivity index (χ1) is 13.4. The molecule has 0 amide bonds. The zero-order chi connectivity index (χ0) is 20.9. The van der Waals surface area contributed by atoms with Gasteiger partial charge in [0.1, 0.15) is 5.78 Å². The third kappa shape index (κ3) is 9.13. The number of aliphatic hydroxyl groups is 2. The number of Topliss-reactive ketones (excluding diaryl/α,β-unsaturated/α-hetero) is 1. The summed E-state index contributed by atoms with van der Waals surface area (Å²) in [5.74, 6) is -1.23. The molecule has 0 saturated heterocycles. The fraction of sp³-hybridized carbons (Fsp3) is 0.727. The Bertz CT molecular complexity index is 527. The van der Waals surface area contributed by atoms with E-state index in [1.165, 1.54) is 0 Å². The topological polar surface area (TPSA) is 104 Å². The summed E-state index contributed by atoms with van der Waals surface area (Å²) < 4.78 is 5.03. The number of unbranched alkanes of at least 4 members (excludes halogenated alkanes) is 2. The van der Waals surface area contributed by atoms with Crippen LogP contribution in [0, 0.1) is 17.8 Å². The lowest BCUT2D eigenvalue weighted by Crippen LogP contribution is -2.20. The first-order valence-electron chi connectivity index (χ1n) is 10.3. The fourth-order valence-electron chi connectivity index (χ4n) is 3.57. The van der Waals surface area contributed by atoms with Crippen LogP contribution in [0.25, 0.3) is 0 Å². The number of ketones is 1. The van der Waals surface area contributed by atoms with Gasteiger partial charge in [-0.2, -0.15) is 0 Å². The third-order valence-electron chi connectivity index (χ3n) is 5.42. The van der Waals surface area contributed by atoms with Crippen molar-refractivity contribution in [2.75, 3.05) is 13.7 Å². The number of methoxy groups -OCH3 is 1. The molecule has 1 saturated carbocycles. The molecule has 28 heavy (non-hydrogen) atoms. The lowest BCUT2D eigenvalue weighted by atomic mass is 9.89. The van der Waals surface area contributed by atoms with Crippen molar-refractivity contribution in [1.29, 1.82) is 0 Å². The molecule has 0 spiro atoms. The minimum Gasteiger partial charge on any atom is -0.481 e. The van der Waals surface area contributed by atoms with Crippen molar-refractivity contribution in [2.45, 2.75) is 70.5 Å². The smallest absolute Gasteiger partial charge is 0.303 e. The number of hydrogen-bond acceptors (Lipinski definition) is 5. The summed E-state index contributed by atoms with van der Waals surface area (Å²) in [4.78, 5) is 22.7. The predicted octanol–water partition coefficient (Wildman–Crippen LogP) is 3.12. The molecule has 0 heterocycles. The molecule has 3 N–H and O–H groups in total. The molecule has 0 aromatic rings. The van der Waals surface area contributed by atoms with Crippen molar-refractivity contribution in [1.82, 2.24) is 0 Å². The van der Waals surface area contributed by atoms with Gasteiger partial charge in [-0.25, -0.2) is 0 Å². The normalized spacial score (nSPS) is 25.0. The quantitative estimate of drug-likeness (QED) is 0.308. The van der Waals surface area contributed by atoms with E-state index < -0.39 is 18.2 Å². The monoisotopic (exact) mass is 396 g/mol. The van der Waals surface area contributed by atoms with E-state index in [1.807, 2.05) is 19.1 Å². The zero-order valence-corrected chi connectivity index (χ0v) is 17.1. The van der Waals surface area contributed by atoms with Gasteiger partial charge < -0.3 is 20.1 Å². The standard InChI is InChI=1S/C22H36O6/c1-16(9-7-8-14-28-2)19(23)13-12-18-17(20(24)15-21(18)25)10-5-3-4-6-11-22(26)27/h3,5,12-13,16-19,21,23,25H,4,6-11,14-15H2,1-2H3,(H,26,27)/b5-3-,13-12+/t16-,17-,18-,19-,21-/m1/s1. The molecular weight excluding hydrogens is 360 g/mol. The number of aliphatic hydroxyl groups excluding tert-OH is 2. The van der Waals surface area contributed by atoms with Crippen LogP contribution in [0.1, 0.15) is 58.3 Å². The highest BCUT2D eigenvalue weighted by molar-refractivity contribution is 5.84. The van der Waals surface area contributed by atoms with Crippen LogP contribution < -0.4 is 0 Å². The van der Waals surface area contributed by atoms with Crippen LogP contribution in [0.4, 0.5) is 0 Å². The maximum absolute atomic E-state index is 12.2. The highest BCUT2D eigenvalue weighted by Gasteiger charge is 2.39. The van der Waals surface area contributed by atoms with Crippen LogP contribution in [-0.2, 0) is 14.3 Å². The summed E-state index contributed by atoms with van der Waals surface area (Å²) in [5.41, 5.74) is 0. The minimum atomic E-state index is -0.806. The van der Waals surface area contributed by atoms with E-state index in [0.29, 0.717) is 19.3 Å². The molecule has 1 rings (SSSR count). The molecule has 6 nitrogen and oxygen atoms in total. The van der Waals surface area contributed by atoms with Gasteiger partial charge in [-0.15, -0.1) is 0 Å². The van der Waals surface area contributed by atoms with Crippen LogP contribution in [0.5, 0.6) is 0 Å². The van der Waals surface area contributed by atoms with Crippen molar-refractivity contribution in [3.05, 3.63) is 24.3 Å². The average molecular weight is 397 g/mol. The van der Waals surface area contributed by atoms with Gasteiger partial charge in [0, 0.05) is 38.4 Å². The molecule has 1 aliphatic carbocycles. The summed E-state index contributed by atoms with van der Waals surface area (Å²) in [6.45, 7) is 2.72. The molecule has 0 aliphatic heterocycles. The van der Waals surface area contributed by atoms with Crippen LogP contribution in [0.2, 0.25) is 0 Å². The summed E-state index contributed by atoms with van der Waals surface area (Å²) in [6, 6.07) is 0. The van der Waals surface area contributed by atoms with Gasteiger partial charge in [0.25, 0.3) is 0 Å². The van der Waals surface area contributed by atoms with Gasteiger partial charge in [-0.05, 0) is 38.0 Å². The van der Waals surface area contributed by atoms with Crippen molar-refractivity contribution >= 4 is 11.8 Å². The van der Waals surface area contributed by atoms with Crippen molar-refractivity contribution < 1.29 is 29.6 Å². The summed E-state index contributed by atoms with van der Waals surface area (Å²) in [5, 5.41) is 29.2. The SMILES string of the molecule is COCCCC[C@@H](C)[C@H](O)/C=C/[C@H]1[C@H](O)CC(=O)[C@@H]1C/C=C\CCCC(=O)O. The second-order valence-electron chi connectivity index (χ2n) is 7.76. The van der Waals surface area contributed by atoms with Crippen LogP contribution >= 0.6 is 0 Å². The first-order valence-corrected chi connectivity index (χ1v) is 10.3. The van der Waals surface area contributed by atoms with Gasteiger partial charge >= 0.3 is 5.97 Å². The minimum absolute atomic E-state index is 0.0411. The van der Waals surface area contributed by atoms with Gasteiger partial charge in [0.2, 0.25) is 0 Å². The van der Waals surface area contributed by atoms with Gasteiger partial charge in [-0.3, -0.25) is 9.59 Å². The van der Waals surface area contributed by atoms with E-state index in [0.717, 1.165) is 25.9 Å². The number of rotatable bonds is 14. The lowest BCUT2D eigenvalue weighted by molar-refractivity contribution is -0.137. The zero-order valence-electron chi connectivity index (χ0n) is 17.1. The molecule has 5 atom stereocenters. The molecule has 1 aliphatic rings. The van der Waals surface area contributed by atoms with Crippen LogP contribution in [-0.4, -0.2) is 53.0 Å². The number of hydrogen-bond donors (Lipinski definition) is 3. The average Bonchev–Trinajstić information content (AvgIpc) is 2.91. The Morgan fingerprint density at radius 2 is 2.04 bits per heavy atom.